The van der Waals surface area contributed by atoms with Gasteiger partial charge in [0.05, 0.1) is 6.26 Å². The second kappa shape index (κ2) is 12.3. The first-order valence-electron chi connectivity index (χ1n) is 6.65. The number of unbranched alkanes of at least 4 members (excludes halogenated alkanes) is 6. The summed E-state index contributed by atoms with van der Waals surface area (Å²) in [5.74, 6) is -0.107. The Morgan fingerprint density at radius 3 is 2.38 bits per heavy atom. The molecule has 0 aliphatic heterocycles. The summed E-state index contributed by atoms with van der Waals surface area (Å²) < 4.78 is 4.95. The van der Waals surface area contributed by atoms with Gasteiger partial charge in [0.15, 0.2) is 0 Å². The summed E-state index contributed by atoms with van der Waals surface area (Å²) in [5.41, 5.74) is 0. The Morgan fingerprint density at radius 2 is 1.69 bits per heavy atom. The highest BCUT2D eigenvalue weighted by Gasteiger charge is 1.97. The molecule has 0 N–H and O–H groups in total. The van der Waals surface area contributed by atoms with Gasteiger partial charge in [0.1, 0.15) is 0 Å². The van der Waals surface area contributed by atoms with E-state index < -0.39 is 0 Å². The molecule has 0 radical (unpaired) electrons. The van der Waals surface area contributed by atoms with Gasteiger partial charge in [0, 0.05) is 6.42 Å². The third-order valence-electron chi connectivity index (χ3n) is 2.50. The van der Waals surface area contributed by atoms with Crippen LogP contribution in [0.3, 0.4) is 0 Å². The molecule has 0 aromatic heterocycles. The van der Waals surface area contributed by atoms with Crippen molar-refractivity contribution >= 4 is 5.97 Å². The molecule has 0 spiro atoms. The first kappa shape index (κ1) is 15.2. The molecule has 0 aliphatic rings. The van der Waals surface area contributed by atoms with Crippen LogP contribution in [0.4, 0.5) is 0 Å². The average Bonchev–Trinajstić information content (AvgIpc) is 2.30. The van der Waals surface area contributed by atoms with Gasteiger partial charge in [-0.25, -0.2) is 0 Å². The standard InChI is InChI=1S/C14H26O2/c1-3-5-7-8-9-10-11-13-16-14(15)12-6-4-2/h11,13H,3-10,12H2,1-2H3. The van der Waals surface area contributed by atoms with E-state index in [0.29, 0.717) is 6.42 Å². The summed E-state index contributed by atoms with van der Waals surface area (Å²) in [4.78, 5) is 11.1. The molecular weight excluding hydrogens is 200 g/mol. The number of rotatable bonds is 10. The average molecular weight is 226 g/mol. The zero-order valence-corrected chi connectivity index (χ0v) is 10.8. The Balaban J connectivity index is 3.23. The summed E-state index contributed by atoms with van der Waals surface area (Å²) in [5, 5.41) is 0. The topological polar surface area (TPSA) is 26.3 Å². The molecule has 0 aliphatic carbocycles. The Labute approximate surface area is 100 Å². The van der Waals surface area contributed by atoms with E-state index in [1.54, 1.807) is 6.26 Å². The predicted octanol–water partition coefficient (Wildman–Crippen LogP) is 4.59. The van der Waals surface area contributed by atoms with Crippen LogP contribution in [0.5, 0.6) is 0 Å². The number of hydrogen-bond acceptors (Lipinski definition) is 2. The van der Waals surface area contributed by atoms with E-state index in [1.165, 1.54) is 32.1 Å². The van der Waals surface area contributed by atoms with Crippen LogP contribution in [0.25, 0.3) is 0 Å². The maximum Gasteiger partial charge on any atom is 0.310 e. The van der Waals surface area contributed by atoms with E-state index in [0.717, 1.165) is 19.3 Å². The van der Waals surface area contributed by atoms with Gasteiger partial charge < -0.3 is 4.74 Å². The lowest BCUT2D eigenvalue weighted by atomic mass is 10.1. The van der Waals surface area contributed by atoms with Crippen LogP contribution in [-0.2, 0) is 9.53 Å². The SMILES string of the molecule is CCCCCCCC=COC(=O)CCCC. The van der Waals surface area contributed by atoms with Gasteiger partial charge in [-0.05, 0) is 25.3 Å². The fourth-order valence-electron chi connectivity index (χ4n) is 1.44. The molecule has 0 heterocycles. The van der Waals surface area contributed by atoms with Gasteiger partial charge in [-0.15, -0.1) is 0 Å². The predicted molar refractivity (Wildman–Crippen MR) is 68.1 cm³/mol. The van der Waals surface area contributed by atoms with Gasteiger partial charge in [-0.1, -0.05) is 46.0 Å². The third-order valence-corrected chi connectivity index (χ3v) is 2.50. The normalized spacial score (nSPS) is 10.9. The van der Waals surface area contributed by atoms with Crippen molar-refractivity contribution in [3.63, 3.8) is 0 Å². The molecule has 0 aromatic carbocycles. The fraction of sp³-hybridized carbons (Fsp3) is 0.786. The lowest BCUT2D eigenvalue weighted by Gasteiger charge is -1.98. The first-order chi connectivity index (χ1) is 7.81. The van der Waals surface area contributed by atoms with Crippen molar-refractivity contribution in [2.75, 3.05) is 0 Å². The highest BCUT2D eigenvalue weighted by atomic mass is 16.5. The summed E-state index contributed by atoms with van der Waals surface area (Å²) in [6, 6.07) is 0. The summed E-state index contributed by atoms with van der Waals surface area (Å²) in [6.45, 7) is 4.29. The Morgan fingerprint density at radius 1 is 1.00 bits per heavy atom. The maximum absolute atomic E-state index is 11.1. The molecule has 2 heteroatoms. The van der Waals surface area contributed by atoms with Crippen molar-refractivity contribution in [1.29, 1.82) is 0 Å². The second-order valence-electron chi connectivity index (χ2n) is 4.17. The second-order valence-corrected chi connectivity index (χ2v) is 4.17. The van der Waals surface area contributed by atoms with Crippen molar-refractivity contribution < 1.29 is 9.53 Å². The van der Waals surface area contributed by atoms with E-state index >= 15 is 0 Å². The van der Waals surface area contributed by atoms with E-state index in [2.05, 4.69) is 13.8 Å². The van der Waals surface area contributed by atoms with Crippen LogP contribution in [0.1, 0.15) is 71.6 Å². The number of hydrogen-bond donors (Lipinski definition) is 0. The first-order valence-corrected chi connectivity index (χ1v) is 6.65. The van der Waals surface area contributed by atoms with Gasteiger partial charge >= 0.3 is 5.97 Å². The van der Waals surface area contributed by atoms with E-state index in [1.807, 2.05) is 6.08 Å². The number of carbonyl (C=O) groups is 1. The van der Waals surface area contributed by atoms with Crippen LogP contribution >= 0.6 is 0 Å². The Kier molecular flexibility index (Phi) is 11.7. The molecule has 2 nitrogen and oxygen atoms in total. The number of ether oxygens (including phenoxy) is 1. The van der Waals surface area contributed by atoms with Crippen LogP contribution in [0.15, 0.2) is 12.3 Å². The maximum atomic E-state index is 11.1. The van der Waals surface area contributed by atoms with Crippen molar-refractivity contribution in [3.8, 4) is 0 Å². The van der Waals surface area contributed by atoms with E-state index in [9.17, 15) is 4.79 Å². The smallest absolute Gasteiger partial charge is 0.310 e. The van der Waals surface area contributed by atoms with Crippen LogP contribution in [-0.4, -0.2) is 5.97 Å². The lowest BCUT2D eigenvalue weighted by molar-refractivity contribution is -0.138. The minimum absolute atomic E-state index is 0.107. The molecule has 94 valence electrons. The van der Waals surface area contributed by atoms with Gasteiger partial charge in [-0.2, -0.15) is 0 Å². The van der Waals surface area contributed by atoms with Crippen LogP contribution in [0.2, 0.25) is 0 Å². The van der Waals surface area contributed by atoms with Crippen molar-refractivity contribution in [2.45, 2.75) is 71.6 Å². The van der Waals surface area contributed by atoms with Gasteiger partial charge in [0.2, 0.25) is 0 Å². The Hall–Kier alpha value is -0.790. The molecule has 0 saturated heterocycles. The van der Waals surface area contributed by atoms with Crippen molar-refractivity contribution in [3.05, 3.63) is 12.3 Å². The van der Waals surface area contributed by atoms with E-state index in [4.69, 9.17) is 4.74 Å². The molecule has 0 amide bonds. The zero-order valence-electron chi connectivity index (χ0n) is 10.8. The Bertz CT molecular complexity index is 185. The molecule has 0 bridgehead atoms. The summed E-state index contributed by atoms with van der Waals surface area (Å²) in [7, 11) is 0. The highest BCUT2D eigenvalue weighted by Crippen LogP contribution is 2.05. The van der Waals surface area contributed by atoms with Crippen LogP contribution in [0, 0.1) is 0 Å². The number of esters is 1. The van der Waals surface area contributed by atoms with Crippen LogP contribution < -0.4 is 0 Å². The largest absolute Gasteiger partial charge is 0.435 e. The molecule has 0 saturated carbocycles. The third kappa shape index (κ3) is 11.3. The minimum Gasteiger partial charge on any atom is -0.435 e. The van der Waals surface area contributed by atoms with E-state index in [-0.39, 0.29) is 5.97 Å². The summed E-state index contributed by atoms with van der Waals surface area (Å²) >= 11 is 0. The number of allylic oxidation sites excluding steroid dienone is 1. The summed E-state index contributed by atoms with van der Waals surface area (Å²) in [6.07, 6.45) is 13.4. The number of carbonyl (C=O) groups excluding carboxylic acids is 1. The minimum atomic E-state index is -0.107. The zero-order chi connectivity index (χ0) is 12.1. The monoisotopic (exact) mass is 226 g/mol. The fourth-order valence-corrected chi connectivity index (χ4v) is 1.44. The quantitative estimate of drug-likeness (QED) is 0.309. The molecule has 0 aromatic rings. The molecule has 0 unspecified atom stereocenters. The molecule has 0 fully saturated rings. The van der Waals surface area contributed by atoms with Gasteiger partial charge in [-0.3, -0.25) is 4.79 Å². The van der Waals surface area contributed by atoms with Crippen molar-refractivity contribution in [1.82, 2.24) is 0 Å². The van der Waals surface area contributed by atoms with Crippen molar-refractivity contribution in [2.24, 2.45) is 0 Å². The molecular formula is C14H26O2. The lowest BCUT2D eigenvalue weighted by Crippen LogP contribution is -1.98. The molecule has 0 rings (SSSR count). The van der Waals surface area contributed by atoms with Gasteiger partial charge in [0.25, 0.3) is 0 Å². The molecule has 0 atom stereocenters. The molecule has 16 heavy (non-hydrogen) atoms. The highest BCUT2D eigenvalue weighted by molar-refractivity contribution is 5.69.